The minimum atomic E-state index is 1.11. The van der Waals surface area contributed by atoms with Gasteiger partial charge in [0.05, 0.1) is 6.33 Å². The van der Waals surface area contributed by atoms with Crippen LogP contribution in [-0.4, -0.2) is 16.6 Å². The summed E-state index contributed by atoms with van der Waals surface area (Å²) < 4.78 is 2.01. The quantitative estimate of drug-likeness (QED) is 0.850. The average molecular weight is 215 g/mol. The van der Waals surface area contributed by atoms with Crippen LogP contribution in [0.15, 0.2) is 36.9 Å². The predicted molar refractivity (Wildman–Crippen MR) is 67.1 cm³/mol. The van der Waals surface area contributed by atoms with E-state index in [1.807, 2.05) is 24.1 Å². The van der Waals surface area contributed by atoms with Crippen molar-refractivity contribution >= 4 is 5.69 Å². The Hall–Kier alpha value is -1.77. The van der Waals surface area contributed by atoms with Crippen LogP contribution in [0.2, 0.25) is 0 Å². The molecule has 1 aromatic carbocycles. The Labute approximate surface area is 96.1 Å². The van der Waals surface area contributed by atoms with Gasteiger partial charge in [-0.1, -0.05) is 19.4 Å². The summed E-state index contributed by atoms with van der Waals surface area (Å²) in [5, 5.41) is 3.25. The molecule has 0 radical (unpaired) electrons. The van der Waals surface area contributed by atoms with Crippen molar-refractivity contribution in [1.29, 1.82) is 0 Å². The summed E-state index contributed by atoms with van der Waals surface area (Å²) >= 11 is 0. The van der Waals surface area contributed by atoms with Gasteiger partial charge in [-0.2, -0.15) is 0 Å². The second-order valence-electron chi connectivity index (χ2n) is 3.81. The molecule has 1 N–H and O–H groups in total. The highest BCUT2D eigenvalue weighted by atomic mass is 15.0. The Balaban J connectivity index is 2.36. The Morgan fingerprint density at radius 1 is 1.38 bits per heavy atom. The van der Waals surface area contributed by atoms with Crippen LogP contribution in [0.4, 0.5) is 5.69 Å². The zero-order valence-corrected chi connectivity index (χ0v) is 9.77. The van der Waals surface area contributed by atoms with Gasteiger partial charge in [0, 0.05) is 30.8 Å². The lowest BCUT2D eigenvalue weighted by Gasteiger charge is -2.11. The minimum Gasteiger partial charge on any atom is -0.388 e. The Morgan fingerprint density at radius 3 is 2.88 bits per heavy atom. The van der Waals surface area contributed by atoms with Crippen molar-refractivity contribution in [2.45, 2.75) is 19.8 Å². The number of nitrogens with one attached hydrogen (secondary N) is 1. The van der Waals surface area contributed by atoms with E-state index >= 15 is 0 Å². The lowest BCUT2D eigenvalue weighted by Crippen LogP contribution is -1.98. The molecule has 3 nitrogen and oxygen atoms in total. The number of aryl methyl sites for hydroxylation is 1. The van der Waals surface area contributed by atoms with Gasteiger partial charge in [0.15, 0.2) is 0 Å². The zero-order valence-electron chi connectivity index (χ0n) is 9.77. The number of nitrogens with zero attached hydrogens (tertiary/aromatic N) is 2. The molecule has 84 valence electrons. The average Bonchev–Trinajstić information content (AvgIpc) is 2.83. The van der Waals surface area contributed by atoms with E-state index in [4.69, 9.17) is 0 Å². The first-order valence-electron chi connectivity index (χ1n) is 5.64. The molecule has 0 saturated carbocycles. The topological polar surface area (TPSA) is 29.9 Å². The molecule has 0 aliphatic rings. The first-order valence-corrected chi connectivity index (χ1v) is 5.64. The van der Waals surface area contributed by atoms with Crippen molar-refractivity contribution in [2.24, 2.45) is 0 Å². The largest absolute Gasteiger partial charge is 0.388 e. The lowest BCUT2D eigenvalue weighted by molar-refractivity contribution is 0.920. The number of imidazole rings is 1. The molecule has 0 bridgehead atoms. The fraction of sp³-hybridized carbons (Fsp3) is 0.308. The third-order valence-corrected chi connectivity index (χ3v) is 2.68. The van der Waals surface area contributed by atoms with Crippen LogP contribution in [0, 0.1) is 0 Å². The third-order valence-electron chi connectivity index (χ3n) is 2.68. The van der Waals surface area contributed by atoms with E-state index in [0.29, 0.717) is 0 Å². The third kappa shape index (κ3) is 2.08. The molecular weight excluding hydrogens is 198 g/mol. The van der Waals surface area contributed by atoms with Crippen LogP contribution in [0.1, 0.15) is 18.9 Å². The molecule has 0 fully saturated rings. The Bertz CT molecular complexity index is 446. The molecule has 0 aliphatic carbocycles. The van der Waals surface area contributed by atoms with Crippen LogP contribution < -0.4 is 5.32 Å². The van der Waals surface area contributed by atoms with Gasteiger partial charge in [-0.3, -0.25) is 0 Å². The summed E-state index contributed by atoms with van der Waals surface area (Å²) in [5.74, 6) is 0. The van der Waals surface area contributed by atoms with Crippen molar-refractivity contribution in [2.75, 3.05) is 12.4 Å². The van der Waals surface area contributed by atoms with Gasteiger partial charge in [0.1, 0.15) is 0 Å². The molecule has 0 unspecified atom stereocenters. The van der Waals surface area contributed by atoms with Crippen molar-refractivity contribution in [1.82, 2.24) is 9.55 Å². The van der Waals surface area contributed by atoms with E-state index in [0.717, 1.165) is 12.1 Å². The number of hydrogen-bond acceptors (Lipinski definition) is 2. The predicted octanol–water partition coefficient (Wildman–Crippen LogP) is 2.87. The van der Waals surface area contributed by atoms with Crippen molar-refractivity contribution in [3.63, 3.8) is 0 Å². The molecular formula is C13H17N3. The summed E-state index contributed by atoms with van der Waals surface area (Å²) in [7, 11) is 1.96. The molecule has 1 aromatic heterocycles. The monoisotopic (exact) mass is 215 g/mol. The van der Waals surface area contributed by atoms with E-state index in [1.165, 1.54) is 17.7 Å². The number of benzene rings is 1. The molecule has 0 spiro atoms. The molecule has 0 aliphatic heterocycles. The molecule has 16 heavy (non-hydrogen) atoms. The highest BCUT2D eigenvalue weighted by Gasteiger charge is 2.02. The standard InChI is InChI=1S/C13H17N3/c1-3-4-11-5-6-12(9-13(11)14-2)16-8-7-15-10-16/h5-10,14H,3-4H2,1-2H3. The van der Waals surface area contributed by atoms with Gasteiger partial charge in [0.25, 0.3) is 0 Å². The fourth-order valence-electron chi connectivity index (χ4n) is 1.86. The smallest absolute Gasteiger partial charge is 0.0991 e. The van der Waals surface area contributed by atoms with Gasteiger partial charge in [-0.05, 0) is 24.1 Å². The van der Waals surface area contributed by atoms with Crippen LogP contribution in [0.3, 0.4) is 0 Å². The SMILES string of the molecule is CCCc1ccc(-n2ccnc2)cc1NC. The van der Waals surface area contributed by atoms with Crippen molar-refractivity contribution < 1.29 is 0 Å². The summed E-state index contributed by atoms with van der Waals surface area (Å²) in [6.07, 6.45) is 7.83. The molecule has 1 heterocycles. The molecule has 0 saturated heterocycles. The summed E-state index contributed by atoms with van der Waals surface area (Å²) in [6, 6.07) is 6.48. The zero-order chi connectivity index (χ0) is 11.4. The summed E-state index contributed by atoms with van der Waals surface area (Å²) in [4.78, 5) is 4.06. The first-order chi connectivity index (χ1) is 7.85. The van der Waals surface area contributed by atoms with Crippen LogP contribution in [0.5, 0.6) is 0 Å². The number of anilines is 1. The molecule has 3 heteroatoms. The molecule has 0 amide bonds. The van der Waals surface area contributed by atoms with E-state index in [2.05, 4.69) is 35.4 Å². The van der Waals surface area contributed by atoms with Crippen molar-refractivity contribution in [3.05, 3.63) is 42.5 Å². The maximum atomic E-state index is 4.06. The number of hydrogen-bond donors (Lipinski definition) is 1. The second-order valence-corrected chi connectivity index (χ2v) is 3.81. The van der Waals surface area contributed by atoms with E-state index in [9.17, 15) is 0 Å². The lowest BCUT2D eigenvalue weighted by atomic mass is 10.1. The maximum Gasteiger partial charge on any atom is 0.0991 e. The van der Waals surface area contributed by atoms with Gasteiger partial charge < -0.3 is 9.88 Å². The summed E-state index contributed by atoms with van der Waals surface area (Å²) in [5.41, 5.74) is 3.71. The van der Waals surface area contributed by atoms with Crippen LogP contribution >= 0.6 is 0 Å². The highest BCUT2D eigenvalue weighted by molar-refractivity contribution is 5.57. The van der Waals surface area contributed by atoms with Crippen LogP contribution in [0.25, 0.3) is 5.69 Å². The van der Waals surface area contributed by atoms with Crippen molar-refractivity contribution in [3.8, 4) is 5.69 Å². The van der Waals surface area contributed by atoms with Gasteiger partial charge in [0.2, 0.25) is 0 Å². The first kappa shape index (κ1) is 10.7. The Kier molecular flexibility index (Phi) is 3.25. The number of rotatable bonds is 4. The van der Waals surface area contributed by atoms with Crippen LogP contribution in [-0.2, 0) is 6.42 Å². The fourth-order valence-corrected chi connectivity index (χ4v) is 1.86. The molecule has 2 aromatic rings. The second kappa shape index (κ2) is 4.84. The van der Waals surface area contributed by atoms with E-state index in [-0.39, 0.29) is 0 Å². The Morgan fingerprint density at radius 2 is 2.25 bits per heavy atom. The number of aromatic nitrogens is 2. The molecule has 2 rings (SSSR count). The normalized spacial score (nSPS) is 10.4. The minimum absolute atomic E-state index is 1.11. The van der Waals surface area contributed by atoms with E-state index < -0.39 is 0 Å². The summed E-state index contributed by atoms with van der Waals surface area (Å²) in [6.45, 7) is 2.20. The maximum absolute atomic E-state index is 4.06. The van der Waals surface area contributed by atoms with E-state index in [1.54, 1.807) is 6.20 Å². The van der Waals surface area contributed by atoms with Gasteiger partial charge >= 0.3 is 0 Å². The molecule has 0 atom stereocenters. The van der Waals surface area contributed by atoms with Gasteiger partial charge in [-0.25, -0.2) is 4.98 Å². The van der Waals surface area contributed by atoms with Gasteiger partial charge in [-0.15, -0.1) is 0 Å². The highest BCUT2D eigenvalue weighted by Crippen LogP contribution is 2.21.